The molecule has 1 aliphatic carbocycles. The standard InChI is InChI=1S/C14H18ClN5O.C3H8O2/c1-8(2)19-14(21)9-3-4-10(5-9)20-7-18-11-12(15)16-6-17-13(11)20;1-3(2,4)5/h6-10H,3-5H2,1-2H3,(H,19,21);4-5H,1-2H3/t9-,10?;/m1./s1. The number of halogens is 1. The van der Waals surface area contributed by atoms with Crippen molar-refractivity contribution in [1.29, 1.82) is 0 Å². The number of carbonyl (C=O) groups excluding carboxylic acids is 1. The first kappa shape index (κ1) is 20.5. The van der Waals surface area contributed by atoms with Crippen LogP contribution in [-0.4, -0.2) is 47.5 Å². The van der Waals surface area contributed by atoms with Crippen molar-refractivity contribution in [2.24, 2.45) is 5.92 Å². The van der Waals surface area contributed by atoms with Crippen LogP contribution in [0, 0.1) is 5.92 Å². The van der Waals surface area contributed by atoms with Gasteiger partial charge < -0.3 is 20.1 Å². The predicted octanol–water partition coefficient (Wildman–Crippen LogP) is 2.05. The summed E-state index contributed by atoms with van der Waals surface area (Å²) in [5.74, 6) is -1.29. The van der Waals surface area contributed by atoms with Crippen LogP contribution in [0.1, 0.15) is 53.0 Å². The van der Waals surface area contributed by atoms with Crippen LogP contribution in [0.15, 0.2) is 12.7 Å². The van der Waals surface area contributed by atoms with E-state index in [0.29, 0.717) is 10.7 Å². The van der Waals surface area contributed by atoms with E-state index in [0.717, 1.165) is 24.9 Å². The zero-order valence-electron chi connectivity index (χ0n) is 15.5. The molecule has 9 heteroatoms. The van der Waals surface area contributed by atoms with Gasteiger partial charge in [0.2, 0.25) is 5.91 Å². The highest BCUT2D eigenvalue weighted by Crippen LogP contribution is 2.36. The van der Waals surface area contributed by atoms with Gasteiger partial charge in [0.1, 0.15) is 11.8 Å². The molecule has 0 saturated heterocycles. The van der Waals surface area contributed by atoms with E-state index in [4.69, 9.17) is 21.8 Å². The van der Waals surface area contributed by atoms with E-state index >= 15 is 0 Å². The van der Waals surface area contributed by atoms with E-state index < -0.39 is 5.79 Å². The van der Waals surface area contributed by atoms with Crippen LogP contribution in [0.25, 0.3) is 11.2 Å². The number of amides is 1. The minimum absolute atomic E-state index is 0.0622. The van der Waals surface area contributed by atoms with Gasteiger partial charge in [-0.15, -0.1) is 0 Å². The Balaban J connectivity index is 0.000000431. The Morgan fingerprint density at radius 2 is 1.96 bits per heavy atom. The molecule has 2 aromatic heterocycles. The topological polar surface area (TPSA) is 113 Å². The van der Waals surface area contributed by atoms with Gasteiger partial charge in [-0.05, 0) is 47.0 Å². The van der Waals surface area contributed by atoms with Crippen molar-refractivity contribution in [3.8, 4) is 0 Å². The number of hydrogen-bond acceptors (Lipinski definition) is 6. The highest BCUT2D eigenvalue weighted by atomic mass is 35.5. The molecule has 26 heavy (non-hydrogen) atoms. The van der Waals surface area contributed by atoms with E-state index in [1.807, 2.05) is 18.4 Å². The van der Waals surface area contributed by atoms with E-state index in [1.165, 1.54) is 20.2 Å². The minimum Gasteiger partial charge on any atom is -0.366 e. The Morgan fingerprint density at radius 1 is 1.31 bits per heavy atom. The fraction of sp³-hybridized carbons (Fsp3) is 0.647. The Labute approximate surface area is 157 Å². The van der Waals surface area contributed by atoms with Crippen molar-refractivity contribution in [2.45, 2.75) is 64.8 Å². The number of aromatic nitrogens is 4. The number of aliphatic hydroxyl groups is 2. The fourth-order valence-corrected chi connectivity index (χ4v) is 3.12. The van der Waals surface area contributed by atoms with E-state index in [9.17, 15) is 4.79 Å². The Hall–Kier alpha value is -1.77. The summed E-state index contributed by atoms with van der Waals surface area (Å²) >= 11 is 6.02. The van der Waals surface area contributed by atoms with Crippen molar-refractivity contribution in [1.82, 2.24) is 24.8 Å². The molecular formula is C17H26ClN5O3. The summed E-state index contributed by atoms with van der Waals surface area (Å²) in [6.07, 6.45) is 5.84. The molecule has 0 radical (unpaired) electrons. The molecule has 0 aromatic carbocycles. The molecule has 2 atom stereocenters. The number of rotatable bonds is 3. The first-order chi connectivity index (χ1) is 12.1. The zero-order valence-corrected chi connectivity index (χ0v) is 16.2. The van der Waals surface area contributed by atoms with Gasteiger partial charge in [0.15, 0.2) is 16.6 Å². The van der Waals surface area contributed by atoms with Crippen molar-refractivity contribution in [3.05, 3.63) is 17.8 Å². The van der Waals surface area contributed by atoms with E-state index in [1.54, 1.807) is 6.33 Å². The smallest absolute Gasteiger partial charge is 0.223 e. The lowest BCUT2D eigenvalue weighted by atomic mass is 10.1. The summed E-state index contributed by atoms with van der Waals surface area (Å²) < 4.78 is 2.02. The number of nitrogens with zero attached hydrogens (tertiary/aromatic N) is 4. The lowest BCUT2D eigenvalue weighted by Crippen LogP contribution is -2.34. The minimum atomic E-state index is -1.50. The molecule has 1 amide bonds. The summed E-state index contributed by atoms with van der Waals surface area (Å²) in [4.78, 5) is 24.6. The maximum atomic E-state index is 12.1. The number of fused-ring (bicyclic) bond motifs is 1. The maximum absolute atomic E-state index is 12.1. The number of imidazole rings is 1. The Kier molecular flexibility index (Phi) is 6.54. The van der Waals surface area contributed by atoms with Crippen LogP contribution < -0.4 is 5.32 Å². The van der Waals surface area contributed by atoms with Gasteiger partial charge in [0.05, 0.1) is 6.33 Å². The third kappa shape index (κ3) is 5.62. The van der Waals surface area contributed by atoms with E-state index in [-0.39, 0.29) is 23.9 Å². The normalized spacial score (nSPS) is 20.2. The SMILES string of the molecule is CC(C)(O)O.CC(C)NC(=O)[C@@H]1CCC(n2cnc3c(Cl)ncnc32)C1. The van der Waals surface area contributed by atoms with Crippen LogP contribution in [0.4, 0.5) is 0 Å². The van der Waals surface area contributed by atoms with Gasteiger partial charge in [0, 0.05) is 18.0 Å². The summed E-state index contributed by atoms with van der Waals surface area (Å²) in [5.41, 5.74) is 1.36. The van der Waals surface area contributed by atoms with Crippen molar-refractivity contribution >= 4 is 28.7 Å². The summed E-state index contributed by atoms with van der Waals surface area (Å²) in [7, 11) is 0. The first-order valence-corrected chi connectivity index (χ1v) is 9.02. The van der Waals surface area contributed by atoms with Gasteiger partial charge in [-0.1, -0.05) is 11.6 Å². The molecule has 2 aromatic rings. The molecule has 3 N–H and O–H groups in total. The molecular weight excluding hydrogens is 358 g/mol. The summed E-state index contributed by atoms with van der Waals surface area (Å²) in [5, 5.41) is 19.5. The molecule has 0 spiro atoms. The second-order valence-electron chi connectivity index (χ2n) is 7.31. The molecule has 1 saturated carbocycles. The molecule has 1 aliphatic rings. The van der Waals surface area contributed by atoms with Gasteiger partial charge >= 0.3 is 0 Å². The van der Waals surface area contributed by atoms with Gasteiger partial charge in [0.25, 0.3) is 0 Å². The lowest BCUT2D eigenvalue weighted by molar-refractivity contribution is -0.127. The third-order valence-electron chi connectivity index (χ3n) is 3.91. The lowest BCUT2D eigenvalue weighted by Gasteiger charge is -2.15. The van der Waals surface area contributed by atoms with Crippen LogP contribution in [0.3, 0.4) is 0 Å². The monoisotopic (exact) mass is 383 g/mol. The fourth-order valence-electron chi connectivity index (χ4n) is 2.94. The van der Waals surface area contributed by atoms with Crippen molar-refractivity contribution < 1.29 is 15.0 Å². The van der Waals surface area contributed by atoms with Crippen LogP contribution >= 0.6 is 11.6 Å². The van der Waals surface area contributed by atoms with Gasteiger partial charge in [-0.2, -0.15) is 0 Å². The van der Waals surface area contributed by atoms with Crippen molar-refractivity contribution in [3.63, 3.8) is 0 Å². The molecule has 1 fully saturated rings. The highest BCUT2D eigenvalue weighted by Gasteiger charge is 2.32. The van der Waals surface area contributed by atoms with Gasteiger partial charge in [-0.3, -0.25) is 4.79 Å². The third-order valence-corrected chi connectivity index (χ3v) is 4.19. The highest BCUT2D eigenvalue weighted by molar-refractivity contribution is 6.33. The second kappa shape index (κ2) is 8.28. The predicted molar refractivity (Wildman–Crippen MR) is 98.5 cm³/mol. The molecule has 144 valence electrons. The molecule has 2 heterocycles. The molecule has 3 rings (SSSR count). The second-order valence-corrected chi connectivity index (χ2v) is 7.67. The average Bonchev–Trinajstić information content (AvgIpc) is 3.11. The Bertz CT molecular complexity index is 750. The molecule has 1 unspecified atom stereocenters. The molecule has 0 aliphatic heterocycles. The van der Waals surface area contributed by atoms with Crippen LogP contribution in [0.2, 0.25) is 5.15 Å². The average molecular weight is 384 g/mol. The van der Waals surface area contributed by atoms with Gasteiger partial charge in [-0.25, -0.2) is 15.0 Å². The zero-order chi connectivity index (χ0) is 19.5. The maximum Gasteiger partial charge on any atom is 0.223 e. The number of carbonyl (C=O) groups is 1. The van der Waals surface area contributed by atoms with Crippen LogP contribution in [-0.2, 0) is 4.79 Å². The largest absolute Gasteiger partial charge is 0.366 e. The van der Waals surface area contributed by atoms with Crippen molar-refractivity contribution in [2.75, 3.05) is 0 Å². The first-order valence-electron chi connectivity index (χ1n) is 8.64. The van der Waals surface area contributed by atoms with E-state index in [2.05, 4.69) is 20.3 Å². The quantitative estimate of drug-likeness (QED) is 0.552. The summed E-state index contributed by atoms with van der Waals surface area (Å²) in [6.45, 7) is 6.55. The van der Waals surface area contributed by atoms with Crippen LogP contribution in [0.5, 0.6) is 0 Å². The molecule has 0 bridgehead atoms. The molecule has 8 nitrogen and oxygen atoms in total. The number of hydrogen-bond donors (Lipinski definition) is 3. The number of nitrogens with one attached hydrogen (secondary N) is 1. The Morgan fingerprint density at radius 3 is 2.58 bits per heavy atom. The summed E-state index contributed by atoms with van der Waals surface area (Å²) in [6, 6.07) is 0.418.